The van der Waals surface area contributed by atoms with Gasteiger partial charge in [-0.25, -0.2) is 9.18 Å². The van der Waals surface area contributed by atoms with Crippen LogP contribution < -0.4 is 10.1 Å². The molecule has 0 bridgehead atoms. The topological polar surface area (TPSA) is 64.6 Å². The van der Waals surface area contributed by atoms with E-state index in [-0.39, 0.29) is 17.4 Å². The molecule has 1 aromatic rings. The molecule has 0 fully saturated rings. The Kier molecular flexibility index (Phi) is 8.05. The Morgan fingerprint density at radius 1 is 1.45 bits per heavy atom. The number of halogens is 2. The van der Waals surface area contributed by atoms with Crippen LogP contribution >= 0.6 is 23.4 Å². The van der Waals surface area contributed by atoms with E-state index < -0.39 is 23.7 Å². The molecular formula is C14H17ClFNO4S. The molecule has 0 heterocycles. The van der Waals surface area contributed by atoms with Crippen LogP contribution in [0, 0.1) is 5.82 Å². The van der Waals surface area contributed by atoms with Gasteiger partial charge in [-0.2, -0.15) is 11.8 Å². The van der Waals surface area contributed by atoms with Crippen LogP contribution in [-0.4, -0.2) is 43.6 Å². The van der Waals surface area contributed by atoms with Crippen molar-refractivity contribution < 1.29 is 23.5 Å². The number of hydrogen-bond donors (Lipinski definition) is 1. The molecule has 1 rings (SSSR count). The summed E-state index contributed by atoms with van der Waals surface area (Å²) in [6.07, 6.45) is 2.35. The molecule has 1 amide bonds. The van der Waals surface area contributed by atoms with Gasteiger partial charge in [0.25, 0.3) is 5.91 Å². The van der Waals surface area contributed by atoms with E-state index in [0.717, 1.165) is 6.07 Å². The predicted molar refractivity (Wildman–Crippen MR) is 83.9 cm³/mol. The summed E-state index contributed by atoms with van der Waals surface area (Å²) in [7, 11) is 1.26. The fourth-order valence-corrected chi connectivity index (χ4v) is 2.29. The van der Waals surface area contributed by atoms with E-state index in [2.05, 4.69) is 10.1 Å². The summed E-state index contributed by atoms with van der Waals surface area (Å²) in [5.41, 5.74) is 0. The first-order valence-corrected chi connectivity index (χ1v) is 8.19. The molecule has 0 aliphatic carbocycles. The first-order chi connectivity index (χ1) is 10.5. The minimum Gasteiger partial charge on any atom is -0.482 e. The van der Waals surface area contributed by atoms with Crippen LogP contribution in [0.5, 0.6) is 5.75 Å². The number of methoxy groups -OCH3 is 1. The van der Waals surface area contributed by atoms with Crippen molar-refractivity contribution in [2.75, 3.05) is 25.7 Å². The van der Waals surface area contributed by atoms with Crippen molar-refractivity contribution in [3.8, 4) is 5.75 Å². The van der Waals surface area contributed by atoms with Crippen LogP contribution in [0.4, 0.5) is 4.39 Å². The van der Waals surface area contributed by atoms with Gasteiger partial charge < -0.3 is 14.8 Å². The van der Waals surface area contributed by atoms with E-state index in [9.17, 15) is 14.0 Å². The summed E-state index contributed by atoms with van der Waals surface area (Å²) in [5.74, 6) is -0.606. The molecule has 0 unspecified atom stereocenters. The zero-order valence-electron chi connectivity index (χ0n) is 12.2. The van der Waals surface area contributed by atoms with Gasteiger partial charge in [0.05, 0.1) is 12.1 Å². The van der Waals surface area contributed by atoms with Crippen LogP contribution in [0.1, 0.15) is 6.42 Å². The lowest BCUT2D eigenvalue weighted by molar-refractivity contribution is -0.145. The maximum atomic E-state index is 12.9. The Morgan fingerprint density at radius 3 is 2.77 bits per heavy atom. The van der Waals surface area contributed by atoms with Crippen molar-refractivity contribution in [3.05, 3.63) is 29.0 Å². The third-order valence-electron chi connectivity index (χ3n) is 2.68. The molecular weight excluding hydrogens is 333 g/mol. The first kappa shape index (κ1) is 18.6. The second kappa shape index (κ2) is 9.53. The molecule has 0 aliphatic rings. The highest BCUT2D eigenvalue weighted by Crippen LogP contribution is 2.24. The Hall–Kier alpha value is -1.47. The summed E-state index contributed by atoms with van der Waals surface area (Å²) in [6, 6.07) is 2.87. The first-order valence-electron chi connectivity index (χ1n) is 6.42. The fourth-order valence-electron chi connectivity index (χ4n) is 1.60. The SMILES string of the molecule is COC(=O)[C@@H](CCSC)NC(=O)COc1ccc(F)cc1Cl. The van der Waals surface area contributed by atoms with Crippen molar-refractivity contribution in [1.29, 1.82) is 0 Å². The summed E-state index contributed by atoms with van der Waals surface area (Å²) in [4.78, 5) is 23.4. The predicted octanol–water partition coefficient (Wildman–Crippen LogP) is 2.27. The number of rotatable bonds is 8. The van der Waals surface area contributed by atoms with E-state index in [1.54, 1.807) is 11.8 Å². The lowest BCUT2D eigenvalue weighted by Gasteiger charge is -2.16. The monoisotopic (exact) mass is 349 g/mol. The van der Waals surface area contributed by atoms with Gasteiger partial charge in [-0.1, -0.05) is 11.6 Å². The molecule has 0 spiro atoms. The number of nitrogens with one attached hydrogen (secondary N) is 1. The van der Waals surface area contributed by atoms with Gasteiger partial charge >= 0.3 is 5.97 Å². The Balaban J connectivity index is 2.54. The lowest BCUT2D eigenvalue weighted by atomic mass is 10.2. The Morgan fingerprint density at radius 2 is 2.18 bits per heavy atom. The summed E-state index contributed by atoms with van der Waals surface area (Å²) < 4.78 is 22.7. The molecule has 8 heteroatoms. The van der Waals surface area contributed by atoms with Gasteiger partial charge in [0.2, 0.25) is 0 Å². The maximum Gasteiger partial charge on any atom is 0.328 e. The highest BCUT2D eigenvalue weighted by atomic mass is 35.5. The number of amides is 1. The number of thioether (sulfide) groups is 1. The largest absolute Gasteiger partial charge is 0.482 e. The second-order valence-electron chi connectivity index (χ2n) is 4.29. The van der Waals surface area contributed by atoms with E-state index in [0.29, 0.717) is 12.2 Å². The summed E-state index contributed by atoms with van der Waals surface area (Å²) in [5, 5.41) is 2.60. The van der Waals surface area contributed by atoms with Crippen molar-refractivity contribution in [2.45, 2.75) is 12.5 Å². The molecule has 0 saturated heterocycles. The highest BCUT2D eigenvalue weighted by molar-refractivity contribution is 7.98. The molecule has 22 heavy (non-hydrogen) atoms. The van der Waals surface area contributed by atoms with E-state index in [1.165, 1.54) is 19.2 Å². The number of benzene rings is 1. The maximum absolute atomic E-state index is 12.9. The van der Waals surface area contributed by atoms with Crippen molar-refractivity contribution in [2.24, 2.45) is 0 Å². The zero-order chi connectivity index (χ0) is 16.5. The summed E-state index contributed by atoms with van der Waals surface area (Å²) in [6.45, 7) is -0.335. The second-order valence-corrected chi connectivity index (χ2v) is 5.68. The number of hydrogen-bond acceptors (Lipinski definition) is 5. The minimum absolute atomic E-state index is 0.0692. The Labute approximate surface area is 137 Å². The molecule has 0 aliphatic heterocycles. The van der Waals surface area contributed by atoms with Gasteiger partial charge in [-0.3, -0.25) is 4.79 Å². The molecule has 0 saturated carbocycles. The quantitative estimate of drug-likeness (QED) is 0.729. The number of esters is 1. The Bertz CT molecular complexity index is 530. The van der Waals surface area contributed by atoms with Gasteiger partial charge in [-0.15, -0.1) is 0 Å². The van der Waals surface area contributed by atoms with E-state index in [4.69, 9.17) is 16.3 Å². The van der Waals surface area contributed by atoms with Gasteiger partial charge in [-0.05, 0) is 36.6 Å². The van der Waals surface area contributed by atoms with Gasteiger partial charge in [0.1, 0.15) is 17.6 Å². The van der Waals surface area contributed by atoms with Gasteiger partial charge in [0.15, 0.2) is 6.61 Å². The van der Waals surface area contributed by atoms with E-state index in [1.807, 2.05) is 6.26 Å². The normalized spacial score (nSPS) is 11.6. The fraction of sp³-hybridized carbons (Fsp3) is 0.429. The van der Waals surface area contributed by atoms with E-state index >= 15 is 0 Å². The van der Waals surface area contributed by atoms with Crippen molar-refractivity contribution >= 4 is 35.2 Å². The lowest BCUT2D eigenvalue weighted by Crippen LogP contribution is -2.43. The minimum atomic E-state index is -0.725. The molecule has 1 aromatic carbocycles. The zero-order valence-corrected chi connectivity index (χ0v) is 13.8. The number of carbonyl (C=O) groups is 2. The number of carbonyl (C=O) groups excluding carboxylic acids is 2. The highest BCUT2D eigenvalue weighted by Gasteiger charge is 2.21. The van der Waals surface area contributed by atoms with Crippen molar-refractivity contribution in [3.63, 3.8) is 0 Å². The average Bonchev–Trinajstić information content (AvgIpc) is 2.49. The van der Waals surface area contributed by atoms with Crippen LogP contribution in [-0.2, 0) is 14.3 Å². The van der Waals surface area contributed by atoms with Crippen LogP contribution in [0.15, 0.2) is 18.2 Å². The van der Waals surface area contributed by atoms with Gasteiger partial charge in [0, 0.05) is 0 Å². The summed E-state index contributed by atoms with van der Waals surface area (Å²) >= 11 is 7.34. The molecule has 0 aromatic heterocycles. The molecule has 1 atom stereocenters. The van der Waals surface area contributed by atoms with Crippen LogP contribution in [0.3, 0.4) is 0 Å². The smallest absolute Gasteiger partial charge is 0.328 e. The number of ether oxygens (including phenoxy) is 2. The molecule has 0 radical (unpaired) electrons. The molecule has 1 N–H and O–H groups in total. The standard InChI is InChI=1S/C14H17ClFNO4S/c1-20-14(19)11(5-6-22-2)17-13(18)8-21-12-4-3-9(16)7-10(12)15/h3-4,7,11H,5-6,8H2,1-2H3,(H,17,18)/t11-/m1/s1. The van der Waals surface area contributed by atoms with Crippen LogP contribution in [0.25, 0.3) is 0 Å². The van der Waals surface area contributed by atoms with Crippen molar-refractivity contribution in [1.82, 2.24) is 5.32 Å². The third kappa shape index (κ3) is 6.11. The molecule has 5 nitrogen and oxygen atoms in total. The molecule has 122 valence electrons. The van der Waals surface area contributed by atoms with Crippen LogP contribution in [0.2, 0.25) is 5.02 Å². The third-order valence-corrected chi connectivity index (χ3v) is 3.62. The average molecular weight is 350 g/mol.